The van der Waals surface area contributed by atoms with E-state index in [0.717, 1.165) is 24.0 Å². The fraction of sp³-hybridized carbons (Fsp3) is 0.333. The van der Waals surface area contributed by atoms with Gasteiger partial charge in [-0.3, -0.25) is 14.8 Å². The predicted octanol–water partition coefficient (Wildman–Crippen LogP) is 1.45. The van der Waals surface area contributed by atoms with Gasteiger partial charge in [0.25, 0.3) is 5.91 Å². The molecule has 6 nitrogen and oxygen atoms in total. The van der Waals surface area contributed by atoms with E-state index in [-0.39, 0.29) is 25.5 Å². The number of nitrogens with one attached hydrogen (secondary N) is 1. The second kappa shape index (κ2) is 9.00. The summed E-state index contributed by atoms with van der Waals surface area (Å²) >= 11 is 0. The van der Waals surface area contributed by atoms with E-state index in [1.54, 1.807) is 34.6 Å². The van der Waals surface area contributed by atoms with Gasteiger partial charge in [0.2, 0.25) is 5.91 Å². The van der Waals surface area contributed by atoms with Crippen molar-refractivity contribution in [2.24, 2.45) is 0 Å². The lowest BCUT2D eigenvalue weighted by molar-refractivity contribution is -0.130. The van der Waals surface area contributed by atoms with Crippen molar-refractivity contribution >= 4 is 11.8 Å². The quantitative estimate of drug-likeness (QED) is 0.521. The molecule has 2 rings (SSSR count). The van der Waals surface area contributed by atoms with Crippen molar-refractivity contribution in [3.05, 3.63) is 59.2 Å². The number of hydroxylamine groups is 1. The minimum absolute atomic E-state index is 0.0803. The molecular weight excluding hydrogens is 308 g/mol. The Kier molecular flexibility index (Phi) is 6.72. The molecule has 1 aliphatic carbocycles. The molecule has 0 saturated heterocycles. The Labute approximate surface area is 141 Å². The van der Waals surface area contributed by atoms with Crippen molar-refractivity contribution in [3.63, 3.8) is 0 Å². The first kappa shape index (κ1) is 17.9. The van der Waals surface area contributed by atoms with Crippen LogP contribution in [0.15, 0.2) is 48.1 Å². The first-order valence-corrected chi connectivity index (χ1v) is 7.91. The summed E-state index contributed by atoms with van der Waals surface area (Å²) in [7, 11) is 0. The summed E-state index contributed by atoms with van der Waals surface area (Å²) in [5.41, 5.74) is 3.74. The van der Waals surface area contributed by atoms with Crippen molar-refractivity contribution in [2.45, 2.75) is 19.3 Å². The van der Waals surface area contributed by atoms with Gasteiger partial charge in [-0.05, 0) is 36.1 Å². The highest BCUT2D eigenvalue weighted by Gasteiger charge is 2.15. The Morgan fingerprint density at radius 3 is 2.50 bits per heavy atom. The number of allylic oxidation sites excluding steroid dienone is 2. The zero-order valence-corrected chi connectivity index (χ0v) is 13.4. The first-order valence-electron chi connectivity index (χ1n) is 7.91. The molecule has 1 aromatic rings. The smallest absolute Gasteiger partial charge is 0.274 e. The topological polar surface area (TPSA) is 89.9 Å². The zero-order valence-electron chi connectivity index (χ0n) is 13.4. The number of carbonyl (C=O) groups excluding carboxylic acids is 2. The second-order valence-electron chi connectivity index (χ2n) is 5.61. The summed E-state index contributed by atoms with van der Waals surface area (Å²) in [4.78, 5) is 25.4. The van der Waals surface area contributed by atoms with Crippen LogP contribution in [0, 0.1) is 0 Å². The molecule has 0 radical (unpaired) electrons. The van der Waals surface area contributed by atoms with E-state index in [1.165, 1.54) is 0 Å². The summed E-state index contributed by atoms with van der Waals surface area (Å²) in [5, 5.41) is 17.8. The molecule has 3 N–H and O–H groups in total. The Balaban J connectivity index is 2.00. The van der Waals surface area contributed by atoms with Gasteiger partial charge in [0, 0.05) is 18.7 Å². The van der Waals surface area contributed by atoms with Crippen molar-refractivity contribution in [2.75, 3.05) is 19.7 Å². The lowest BCUT2D eigenvalue weighted by atomic mass is 10.1. The molecule has 0 saturated carbocycles. The van der Waals surface area contributed by atoms with Crippen molar-refractivity contribution in [1.82, 2.24) is 10.4 Å². The number of amides is 2. The molecule has 0 fully saturated rings. The highest BCUT2D eigenvalue weighted by atomic mass is 16.5. The molecule has 1 aliphatic rings. The van der Waals surface area contributed by atoms with E-state index in [0.29, 0.717) is 12.1 Å². The molecule has 1 aromatic carbocycles. The standard InChI is InChI=1S/C18H22N2O4/c21-11-10-20(13-15-4-2-1-3-5-15)17(22)12-14-6-8-16(9-7-14)18(23)19-24/h2,4-9,21,24H,1,3,10-13H2,(H,19,23). The number of carbonyl (C=O) groups is 2. The average molecular weight is 330 g/mol. The van der Waals surface area contributed by atoms with Crippen LogP contribution in [0.1, 0.15) is 28.8 Å². The average Bonchev–Trinajstić information content (AvgIpc) is 2.62. The largest absolute Gasteiger partial charge is 0.395 e. The fourth-order valence-corrected chi connectivity index (χ4v) is 2.54. The summed E-state index contributed by atoms with van der Waals surface area (Å²) in [6.07, 6.45) is 8.40. The highest BCUT2D eigenvalue weighted by molar-refractivity contribution is 5.93. The molecule has 0 bridgehead atoms. The minimum Gasteiger partial charge on any atom is -0.395 e. The van der Waals surface area contributed by atoms with Gasteiger partial charge in [-0.15, -0.1) is 0 Å². The van der Waals surface area contributed by atoms with Crippen molar-refractivity contribution < 1.29 is 19.9 Å². The Morgan fingerprint density at radius 1 is 1.17 bits per heavy atom. The van der Waals surface area contributed by atoms with Gasteiger partial charge < -0.3 is 10.0 Å². The molecule has 0 spiro atoms. The second-order valence-corrected chi connectivity index (χ2v) is 5.61. The van der Waals surface area contributed by atoms with E-state index in [1.807, 2.05) is 6.08 Å². The monoisotopic (exact) mass is 330 g/mol. The van der Waals surface area contributed by atoms with Crippen LogP contribution in [0.25, 0.3) is 0 Å². The molecule has 0 aliphatic heterocycles. The van der Waals surface area contributed by atoms with Gasteiger partial charge in [-0.1, -0.05) is 30.4 Å². The van der Waals surface area contributed by atoms with Gasteiger partial charge in [0.05, 0.1) is 13.0 Å². The van der Waals surface area contributed by atoms with Crippen molar-refractivity contribution in [3.8, 4) is 0 Å². The molecule has 6 heteroatoms. The molecule has 2 amide bonds. The molecule has 128 valence electrons. The van der Waals surface area contributed by atoms with E-state index >= 15 is 0 Å². The van der Waals surface area contributed by atoms with Crippen LogP contribution < -0.4 is 5.48 Å². The number of benzene rings is 1. The van der Waals surface area contributed by atoms with Crippen molar-refractivity contribution in [1.29, 1.82) is 0 Å². The van der Waals surface area contributed by atoms with Gasteiger partial charge in [0.15, 0.2) is 0 Å². The van der Waals surface area contributed by atoms with Gasteiger partial charge in [-0.25, -0.2) is 5.48 Å². The van der Waals surface area contributed by atoms with Crippen LogP contribution in [0.5, 0.6) is 0 Å². The number of rotatable bonds is 7. The van der Waals surface area contributed by atoms with Crippen LogP contribution >= 0.6 is 0 Å². The third-order valence-corrected chi connectivity index (χ3v) is 3.84. The summed E-state index contributed by atoms with van der Waals surface area (Å²) in [5.74, 6) is -0.672. The predicted molar refractivity (Wildman–Crippen MR) is 89.5 cm³/mol. The number of hydrogen-bond acceptors (Lipinski definition) is 4. The highest BCUT2D eigenvalue weighted by Crippen LogP contribution is 2.13. The summed E-state index contributed by atoms with van der Waals surface area (Å²) < 4.78 is 0. The normalized spacial score (nSPS) is 13.3. The zero-order chi connectivity index (χ0) is 17.4. The molecule has 0 atom stereocenters. The molecule has 0 aromatic heterocycles. The van der Waals surface area contributed by atoms with Gasteiger partial charge in [0.1, 0.15) is 0 Å². The van der Waals surface area contributed by atoms with Crippen LogP contribution in [-0.2, 0) is 11.2 Å². The Bertz CT molecular complexity index is 635. The van der Waals surface area contributed by atoms with Gasteiger partial charge >= 0.3 is 0 Å². The Hall–Kier alpha value is -2.44. The molecule has 0 unspecified atom stereocenters. The number of nitrogens with zero attached hydrogens (tertiary/aromatic N) is 1. The fourth-order valence-electron chi connectivity index (χ4n) is 2.54. The third kappa shape index (κ3) is 5.04. The maximum atomic E-state index is 12.5. The van der Waals surface area contributed by atoms with E-state index in [4.69, 9.17) is 5.21 Å². The van der Waals surface area contributed by atoms with Crippen LogP contribution in [0.4, 0.5) is 0 Å². The Morgan fingerprint density at radius 2 is 1.92 bits per heavy atom. The van der Waals surface area contributed by atoms with Crippen LogP contribution in [0.2, 0.25) is 0 Å². The summed E-state index contributed by atoms with van der Waals surface area (Å²) in [6.45, 7) is 0.689. The molecule has 24 heavy (non-hydrogen) atoms. The maximum absolute atomic E-state index is 12.5. The van der Waals surface area contributed by atoms with E-state index < -0.39 is 5.91 Å². The SMILES string of the molecule is O=C(NO)c1ccc(CC(=O)N(CCO)CC2=CCCC=C2)cc1. The first-order chi connectivity index (χ1) is 11.6. The van der Waals surface area contributed by atoms with E-state index in [9.17, 15) is 14.7 Å². The van der Waals surface area contributed by atoms with Crippen LogP contribution in [-0.4, -0.2) is 46.7 Å². The third-order valence-electron chi connectivity index (χ3n) is 3.84. The summed E-state index contributed by atoms with van der Waals surface area (Å²) in [6, 6.07) is 6.46. The van der Waals surface area contributed by atoms with Crippen LogP contribution in [0.3, 0.4) is 0 Å². The number of hydrogen-bond donors (Lipinski definition) is 3. The lowest BCUT2D eigenvalue weighted by Crippen LogP contribution is -2.36. The number of aliphatic hydroxyl groups excluding tert-OH is 1. The minimum atomic E-state index is -0.592. The lowest BCUT2D eigenvalue weighted by Gasteiger charge is -2.23. The number of aliphatic hydroxyl groups is 1. The maximum Gasteiger partial charge on any atom is 0.274 e. The van der Waals surface area contributed by atoms with E-state index in [2.05, 4.69) is 12.2 Å². The molecule has 0 heterocycles. The molecular formula is C18H22N2O4. The van der Waals surface area contributed by atoms with Gasteiger partial charge in [-0.2, -0.15) is 0 Å².